The zero-order valence-electron chi connectivity index (χ0n) is 12.5. The number of hydrogen-bond donors (Lipinski definition) is 0. The van der Waals surface area contributed by atoms with Crippen molar-refractivity contribution < 1.29 is 14.3 Å². The standard InChI is InChI=1S/C18H16BrNO3/c19-15-7-3-13(4-8-15)12-23-18(22)14-5-9-16(10-6-14)20-11-1-2-17(20)21/h3-10H,1-2,11-12H2. The van der Waals surface area contributed by atoms with Crippen LogP contribution in [0.15, 0.2) is 53.0 Å². The topological polar surface area (TPSA) is 46.6 Å². The molecule has 1 fully saturated rings. The fourth-order valence-electron chi connectivity index (χ4n) is 2.51. The largest absolute Gasteiger partial charge is 0.457 e. The minimum atomic E-state index is -0.368. The smallest absolute Gasteiger partial charge is 0.338 e. The molecule has 1 aliphatic heterocycles. The molecule has 0 saturated carbocycles. The van der Waals surface area contributed by atoms with Gasteiger partial charge in [0.25, 0.3) is 0 Å². The summed E-state index contributed by atoms with van der Waals surface area (Å²) in [6.45, 7) is 0.977. The van der Waals surface area contributed by atoms with Gasteiger partial charge in [-0.3, -0.25) is 4.79 Å². The minimum Gasteiger partial charge on any atom is -0.457 e. The third kappa shape index (κ3) is 3.79. The quantitative estimate of drug-likeness (QED) is 0.762. The third-order valence-electron chi connectivity index (χ3n) is 3.77. The maximum absolute atomic E-state index is 12.1. The Bertz CT molecular complexity index is 710. The highest BCUT2D eigenvalue weighted by Gasteiger charge is 2.21. The van der Waals surface area contributed by atoms with Crippen molar-refractivity contribution in [2.24, 2.45) is 0 Å². The van der Waals surface area contributed by atoms with Crippen molar-refractivity contribution in [1.29, 1.82) is 0 Å². The number of esters is 1. The Kier molecular flexibility index (Phi) is 4.76. The SMILES string of the molecule is O=C(OCc1ccc(Br)cc1)c1ccc(N2CCCC2=O)cc1. The first kappa shape index (κ1) is 15.7. The van der Waals surface area contributed by atoms with Crippen LogP contribution >= 0.6 is 15.9 Å². The molecule has 0 radical (unpaired) electrons. The van der Waals surface area contributed by atoms with Crippen molar-refractivity contribution in [1.82, 2.24) is 0 Å². The van der Waals surface area contributed by atoms with Gasteiger partial charge in [0.1, 0.15) is 6.61 Å². The summed E-state index contributed by atoms with van der Waals surface area (Å²) in [5.41, 5.74) is 2.25. The highest BCUT2D eigenvalue weighted by Crippen LogP contribution is 2.22. The van der Waals surface area contributed by atoms with E-state index in [1.54, 1.807) is 29.2 Å². The molecular weight excluding hydrogens is 358 g/mol. The van der Waals surface area contributed by atoms with Crippen molar-refractivity contribution >= 4 is 33.5 Å². The second kappa shape index (κ2) is 6.96. The number of nitrogens with zero attached hydrogens (tertiary/aromatic N) is 1. The molecule has 0 spiro atoms. The van der Waals surface area contributed by atoms with E-state index in [2.05, 4.69) is 15.9 Å². The van der Waals surface area contributed by atoms with Gasteiger partial charge in [-0.1, -0.05) is 28.1 Å². The van der Waals surface area contributed by atoms with E-state index >= 15 is 0 Å². The normalized spacial score (nSPS) is 14.1. The molecule has 2 aromatic carbocycles. The highest BCUT2D eigenvalue weighted by atomic mass is 79.9. The first-order valence-corrected chi connectivity index (χ1v) is 8.25. The van der Waals surface area contributed by atoms with Crippen molar-refractivity contribution in [3.05, 3.63) is 64.1 Å². The van der Waals surface area contributed by atoms with Crippen LogP contribution in [0.25, 0.3) is 0 Å². The van der Waals surface area contributed by atoms with E-state index in [0.29, 0.717) is 12.0 Å². The van der Waals surface area contributed by atoms with Gasteiger partial charge in [-0.2, -0.15) is 0 Å². The lowest BCUT2D eigenvalue weighted by Crippen LogP contribution is -2.23. The molecule has 2 aromatic rings. The molecular formula is C18H16BrNO3. The number of carbonyl (C=O) groups excluding carboxylic acids is 2. The van der Waals surface area contributed by atoms with E-state index in [-0.39, 0.29) is 18.5 Å². The van der Waals surface area contributed by atoms with Crippen LogP contribution in [0.1, 0.15) is 28.8 Å². The number of anilines is 1. The van der Waals surface area contributed by atoms with Crippen molar-refractivity contribution in [2.45, 2.75) is 19.4 Å². The summed E-state index contributed by atoms with van der Waals surface area (Å²) >= 11 is 3.37. The molecule has 0 unspecified atom stereocenters. The molecule has 1 amide bonds. The summed E-state index contributed by atoms with van der Waals surface area (Å²) in [6.07, 6.45) is 1.48. The number of halogens is 1. The Morgan fingerprint density at radius 3 is 2.39 bits per heavy atom. The molecule has 4 nitrogen and oxygen atoms in total. The van der Waals surface area contributed by atoms with Crippen molar-refractivity contribution in [3.8, 4) is 0 Å². The van der Waals surface area contributed by atoms with Gasteiger partial charge in [-0.25, -0.2) is 4.79 Å². The second-order valence-corrected chi connectivity index (χ2v) is 6.31. The molecule has 1 saturated heterocycles. The first-order valence-electron chi connectivity index (χ1n) is 7.45. The lowest BCUT2D eigenvalue weighted by Gasteiger charge is -2.15. The van der Waals surface area contributed by atoms with Crippen LogP contribution in [0.4, 0.5) is 5.69 Å². The fourth-order valence-corrected chi connectivity index (χ4v) is 2.78. The van der Waals surface area contributed by atoms with Gasteiger partial charge in [0.05, 0.1) is 5.56 Å². The van der Waals surface area contributed by atoms with Crippen LogP contribution in [0, 0.1) is 0 Å². The molecule has 1 aliphatic rings. The van der Waals surface area contributed by atoms with Crippen LogP contribution in [0.3, 0.4) is 0 Å². The predicted octanol–water partition coefficient (Wildman–Crippen LogP) is 3.93. The highest BCUT2D eigenvalue weighted by molar-refractivity contribution is 9.10. The van der Waals surface area contributed by atoms with Crippen LogP contribution in [0.2, 0.25) is 0 Å². The van der Waals surface area contributed by atoms with Gasteiger partial charge >= 0.3 is 5.97 Å². The van der Waals surface area contributed by atoms with Crippen LogP contribution < -0.4 is 4.90 Å². The monoisotopic (exact) mass is 373 g/mol. The third-order valence-corrected chi connectivity index (χ3v) is 4.30. The summed E-state index contributed by atoms with van der Waals surface area (Å²) in [6, 6.07) is 14.6. The Hall–Kier alpha value is -2.14. The number of ether oxygens (including phenoxy) is 1. The molecule has 0 bridgehead atoms. The zero-order chi connectivity index (χ0) is 16.2. The van der Waals surface area contributed by atoms with E-state index in [4.69, 9.17) is 4.74 Å². The second-order valence-electron chi connectivity index (χ2n) is 5.40. The predicted molar refractivity (Wildman–Crippen MR) is 91.3 cm³/mol. The van der Waals surface area contributed by atoms with Gasteiger partial charge in [0.15, 0.2) is 0 Å². The van der Waals surface area contributed by atoms with Gasteiger partial charge < -0.3 is 9.64 Å². The fraction of sp³-hybridized carbons (Fsp3) is 0.222. The summed E-state index contributed by atoms with van der Waals surface area (Å²) < 4.78 is 6.29. The van der Waals surface area contributed by atoms with E-state index in [9.17, 15) is 9.59 Å². The Labute approximate surface area is 143 Å². The number of amides is 1. The van der Waals surface area contributed by atoms with Gasteiger partial charge in [0, 0.05) is 23.1 Å². The molecule has 0 aromatic heterocycles. The van der Waals surface area contributed by atoms with Crippen molar-refractivity contribution in [3.63, 3.8) is 0 Å². The average molecular weight is 374 g/mol. The van der Waals surface area contributed by atoms with E-state index in [1.165, 1.54) is 0 Å². The lowest BCUT2D eigenvalue weighted by molar-refractivity contribution is -0.117. The molecule has 0 atom stereocenters. The summed E-state index contributed by atoms with van der Waals surface area (Å²) in [4.78, 5) is 25.5. The van der Waals surface area contributed by atoms with E-state index in [1.807, 2.05) is 24.3 Å². The minimum absolute atomic E-state index is 0.135. The number of hydrogen-bond acceptors (Lipinski definition) is 3. The average Bonchev–Trinajstić information content (AvgIpc) is 3.00. The maximum atomic E-state index is 12.1. The maximum Gasteiger partial charge on any atom is 0.338 e. The summed E-state index contributed by atoms with van der Waals surface area (Å²) in [7, 11) is 0. The molecule has 0 aliphatic carbocycles. The Morgan fingerprint density at radius 1 is 1.09 bits per heavy atom. The summed E-state index contributed by atoms with van der Waals surface area (Å²) in [5.74, 6) is -0.234. The number of rotatable bonds is 4. The Morgan fingerprint density at radius 2 is 1.78 bits per heavy atom. The van der Waals surface area contributed by atoms with Crippen LogP contribution in [-0.4, -0.2) is 18.4 Å². The lowest BCUT2D eigenvalue weighted by atomic mass is 10.2. The van der Waals surface area contributed by atoms with E-state index < -0.39 is 0 Å². The summed E-state index contributed by atoms with van der Waals surface area (Å²) in [5, 5.41) is 0. The molecule has 5 heteroatoms. The number of benzene rings is 2. The van der Waals surface area contributed by atoms with Crippen LogP contribution in [-0.2, 0) is 16.1 Å². The van der Waals surface area contributed by atoms with Crippen molar-refractivity contribution in [2.75, 3.05) is 11.4 Å². The zero-order valence-corrected chi connectivity index (χ0v) is 14.1. The van der Waals surface area contributed by atoms with Gasteiger partial charge in [-0.15, -0.1) is 0 Å². The Balaban J connectivity index is 1.61. The van der Waals surface area contributed by atoms with Gasteiger partial charge in [-0.05, 0) is 48.4 Å². The molecule has 118 valence electrons. The number of carbonyl (C=O) groups is 2. The first-order chi connectivity index (χ1) is 11.1. The molecule has 1 heterocycles. The molecule has 0 N–H and O–H groups in total. The molecule has 3 rings (SSSR count). The molecule has 23 heavy (non-hydrogen) atoms. The van der Waals surface area contributed by atoms with E-state index in [0.717, 1.165) is 28.7 Å². The van der Waals surface area contributed by atoms with Gasteiger partial charge in [0.2, 0.25) is 5.91 Å². The van der Waals surface area contributed by atoms with Crippen LogP contribution in [0.5, 0.6) is 0 Å².